The Balaban J connectivity index is 1.53. The average molecular weight is 401 g/mol. The van der Waals surface area contributed by atoms with Gasteiger partial charge in [-0.2, -0.15) is 0 Å². The molecule has 1 saturated heterocycles. The van der Waals surface area contributed by atoms with Crippen LogP contribution in [-0.2, 0) is 0 Å². The number of carbonyl (C=O) groups excluding carboxylic acids is 1. The van der Waals surface area contributed by atoms with Gasteiger partial charge in [0.05, 0.1) is 11.0 Å². The molecule has 0 aliphatic carbocycles. The van der Waals surface area contributed by atoms with Crippen LogP contribution in [0.5, 0.6) is 0 Å². The fraction of sp³-hybridized carbons (Fsp3) is 0.208. The van der Waals surface area contributed by atoms with Crippen LogP contribution >= 0.6 is 0 Å². The highest BCUT2D eigenvalue weighted by Crippen LogP contribution is 2.30. The Labute approximate surface area is 175 Å². The van der Waals surface area contributed by atoms with E-state index >= 15 is 0 Å². The van der Waals surface area contributed by atoms with Crippen LogP contribution < -0.4 is 0 Å². The Morgan fingerprint density at radius 1 is 0.767 bits per heavy atom. The van der Waals surface area contributed by atoms with Crippen molar-refractivity contribution in [3.05, 3.63) is 112 Å². The van der Waals surface area contributed by atoms with Crippen molar-refractivity contribution in [3.8, 4) is 0 Å². The number of nitro groups is 1. The van der Waals surface area contributed by atoms with E-state index in [2.05, 4.69) is 29.2 Å². The summed E-state index contributed by atoms with van der Waals surface area (Å²) in [6, 6.07) is 27.0. The van der Waals surface area contributed by atoms with Crippen LogP contribution in [0.25, 0.3) is 0 Å². The van der Waals surface area contributed by atoms with E-state index < -0.39 is 4.92 Å². The number of carbonyl (C=O) groups is 1. The molecule has 0 unspecified atom stereocenters. The molecule has 1 amide bonds. The van der Waals surface area contributed by atoms with Gasteiger partial charge < -0.3 is 4.90 Å². The van der Waals surface area contributed by atoms with Crippen molar-refractivity contribution in [2.24, 2.45) is 0 Å². The number of piperazine rings is 1. The van der Waals surface area contributed by atoms with Gasteiger partial charge in [0.1, 0.15) is 5.56 Å². The van der Waals surface area contributed by atoms with Crippen molar-refractivity contribution >= 4 is 11.6 Å². The lowest BCUT2D eigenvalue weighted by molar-refractivity contribution is -0.385. The van der Waals surface area contributed by atoms with E-state index in [1.165, 1.54) is 23.3 Å². The van der Waals surface area contributed by atoms with Crippen molar-refractivity contribution < 1.29 is 9.72 Å². The number of nitro benzene ring substituents is 1. The fourth-order valence-electron chi connectivity index (χ4n) is 4.05. The summed E-state index contributed by atoms with van der Waals surface area (Å²) in [5, 5.41) is 11.3. The molecule has 3 aromatic carbocycles. The Kier molecular flexibility index (Phi) is 5.86. The predicted molar refractivity (Wildman–Crippen MR) is 115 cm³/mol. The summed E-state index contributed by atoms with van der Waals surface area (Å²) < 4.78 is 0. The standard InChI is InChI=1S/C24H23N3O3/c28-24(21-13-7-8-14-22(21)27(29)30)26-17-15-25(16-18-26)23(19-9-3-1-4-10-19)20-11-5-2-6-12-20/h1-14,23H,15-18H2. The second-order valence-electron chi connectivity index (χ2n) is 7.33. The maximum atomic E-state index is 12.9. The van der Waals surface area contributed by atoms with Crippen LogP contribution in [0.4, 0.5) is 5.69 Å². The summed E-state index contributed by atoms with van der Waals surface area (Å²) in [7, 11) is 0. The number of hydrogen-bond donors (Lipinski definition) is 0. The van der Waals surface area contributed by atoms with Crippen molar-refractivity contribution in [3.63, 3.8) is 0 Å². The van der Waals surface area contributed by atoms with E-state index in [9.17, 15) is 14.9 Å². The molecule has 0 spiro atoms. The fourth-order valence-corrected chi connectivity index (χ4v) is 4.05. The number of rotatable bonds is 5. The van der Waals surface area contributed by atoms with E-state index in [-0.39, 0.29) is 23.2 Å². The highest BCUT2D eigenvalue weighted by molar-refractivity contribution is 5.98. The molecule has 152 valence electrons. The van der Waals surface area contributed by atoms with Crippen LogP contribution in [0.3, 0.4) is 0 Å². The smallest absolute Gasteiger partial charge is 0.282 e. The highest BCUT2D eigenvalue weighted by atomic mass is 16.6. The average Bonchev–Trinajstić information content (AvgIpc) is 2.81. The molecule has 1 fully saturated rings. The van der Waals surface area contributed by atoms with Gasteiger partial charge in [-0.05, 0) is 17.2 Å². The van der Waals surface area contributed by atoms with Crippen molar-refractivity contribution in [2.45, 2.75) is 6.04 Å². The maximum Gasteiger partial charge on any atom is 0.282 e. The first-order valence-electron chi connectivity index (χ1n) is 10.0. The van der Waals surface area contributed by atoms with Crippen molar-refractivity contribution in [2.75, 3.05) is 26.2 Å². The second kappa shape index (κ2) is 8.88. The molecule has 6 nitrogen and oxygen atoms in total. The highest BCUT2D eigenvalue weighted by Gasteiger charge is 2.30. The molecular formula is C24H23N3O3. The van der Waals surface area contributed by atoms with E-state index in [1.54, 1.807) is 17.0 Å². The Morgan fingerprint density at radius 3 is 1.80 bits per heavy atom. The van der Waals surface area contributed by atoms with Gasteiger partial charge in [-0.1, -0.05) is 72.8 Å². The molecule has 0 N–H and O–H groups in total. The lowest BCUT2D eigenvalue weighted by Gasteiger charge is -2.39. The van der Waals surface area contributed by atoms with Crippen LogP contribution in [-0.4, -0.2) is 46.8 Å². The van der Waals surface area contributed by atoms with E-state index in [0.717, 1.165) is 0 Å². The van der Waals surface area contributed by atoms with Gasteiger partial charge in [0, 0.05) is 32.2 Å². The largest absolute Gasteiger partial charge is 0.336 e. The van der Waals surface area contributed by atoms with Crippen LogP contribution in [0.1, 0.15) is 27.5 Å². The number of nitrogens with zero attached hydrogens (tertiary/aromatic N) is 3. The first kappa shape index (κ1) is 19.8. The summed E-state index contributed by atoms with van der Waals surface area (Å²) in [6.07, 6.45) is 0. The van der Waals surface area contributed by atoms with Gasteiger partial charge in [-0.25, -0.2) is 0 Å². The quantitative estimate of drug-likeness (QED) is 0.476. The third-order valence-electron chi connectivity index (χ3n) is 5.53. The molecule has 0 aromatic heterocycles. The molecule has 1 aliphatic rings. The molecule has 0 bridgehead atoms. The summed E-state index contributed by atoms with van der Waals surface area (Å²) in [4.78, 5) is 27.8. The van der Waals surface area contributed by atoms with Gasteiger partial charge in [-0.3, -0.25) is 19.8 Å². The molecule has 4 rings (SSSR count). The van der Waals surface area contributed by atoms with Gasteiger partial charge in [0.15, 0.2) is 0 Å². The van der Waals surface area contributed by atoms with Crippen LogP contribution in [0.15, 0.2) is 84.9 Å². The molecule has 1 aliphatic heterocycles. The lowest BCUT2D eigenvalue weighted by Crippen LogP contribution is -2.50. The van der Waals surface area contributed by atoms with E-state index in [1.807, 2.05) is 36.4 Å². The molecule has 30 heavy (non-hydrogen) atoms. The van der Waals surface area contributed by atoms with Gasteiger partial charge in [0.25, 0.3) is 11.6 Å². The number of benzene rings is 3. The third-order valence-corrected chi connectivity index (χ3v) is 5.53. The van der Waals surface area contributed by atoms with Crippen LogP contribution in [0.2, 0.25) is 0 Å². The summed E-state index contributed by atoms with van der Waals surface area (Å²) in [6.45, 7) is 2.45. The van der Waals surface area contributed by atoms with Gasteiger partial charge >= 0.3 is 0 Å². The zero-order valence-electron chi connectivity index (χ0n) is 16.6. The Bertz CT molecular complexity index is 977. The molecule has 0 atom stereocenters. The zero-order valence-corrected chi connectivity index (χ0v) is 16.6. The van der Waals surface area contributed by atoms with Gasteiger partial charge in [-0.15, -0.1) is 0 Å². The molecule has 0 saturated carbocycles. The Hall–Kier alpha value is -3.51. The number of hydrogen-bond acceptors (Lipinski definition) is 4. The minimum atomic E-state index is -0.496. The first-order chi connectivity index (χ1) is 14.6. The number of amides is 1. The van der Waals surface area contributed by atoms with Crippen molar-refractivity contribution in [1.29, 1.82) is 0 Å². The number of para-hydroxylation sites is 1. The molecule has 0 radical (unpaired) electrons. The maximum absolute atomic E-state index is 12.9. The molecular weight excluding hydrogens is 378 g/mol. The zero-order chi connectivity index (χ0) is 20.9. The Morgan fingerprint density at radius 2 is 1.27 bits per heavy atom. The topological polar surface area (TPSA) is 66.7 Å². The summed E-state index contributed by atoms with van der Waals surface area (Å²) in [5.74, 6) is -0.280. The first-order valence-corrected chi connectivity index (χ1v) is 10.0. The minimum Gasteiger partial charge on any atom is -0.336 e. The monoisotopic (exact) mass is 401 g/mol. The lowest BCUT2D eigenvalue weighted by atomic mass is 9.96. The molecule has 3 aromatic rings. The summed E-state index contributed by atoms with van der Waals surface area (Å²) in [5.41, 5.74) is 2.43. The predicted octanol–water partition coefficient (Wildman–Crippen LogP) is 4.14. The minimum absolute atomic E-state index is 0.107. The van der Waals surface area contributed by atoms with E-state index in [4.69, 9.17) is 0 Å². The SMILES string of the molecule is O=C(c1ccccc1[N+](=O)[O-])N1CCN(C(c2ccccc2)c2ccccc2)CC1. The van der Waals surface area contributed by atoms with Crippen molar-refractivity contribution in [1.82, 2.24) is 9.80 Å². The third kappa shape index (κ3) is 4.09. The van der Waals surface area contributed by atoms with Crippen LogP contribution in [0, 0.1) is 10.1 Å². The molecule has 1 heterocycles. The van der Waals surface area contributed by atoms with E-state index in [0.29, 0.717) is 26.2 Å². The normalized spacial score (nSPS) is 14.6. The second-order valence-corrected chi connectivity index (χ2v) is 7.33. The summed E-state index contributed by atoms with van der Waals surface area (Å²) >= 11 is 0. The molecule has 6 heteroatoms. The van der Waals surface area contributed by atoms with Gasteiger partial charge in [0.2, 0.25) is 0 Å².